The van der Waals surface area contributed by atoms with Gasteiger partial charge in [0.05, 0.1) is 16.2 Å². The summed E-state index contributed by atoms with van der Waals surface area (Å²) in [4.78, 5) is 24.0. The lowest BCUT2D eigenvalue weighted by atomic mass is 10.2. The Bertz CT molecular complexity index is 946. The van der Waals surface area contributed by atoms with E-state index < -0.39 is 11.2 Å². The van der Waals surface area contributed by atoms with E-state index in [-0.39, 0.29) is 5.56 Å². The van der Waals surface area contributed by atoms with Gasteiger partial charge in [-0.1, -0.05) is 30.8 Å². The number of aryl methyl sites for hydroxylation is 1. The Morgan fingerprint density at radius 3 is 2.78 bits per heavy atom. The lowest BCUT2D eigenvalue weighted by Gasteiger charge is -2.11. The molecule has 3 aromatic rings. The van der Waals surface area contributed by atoms with Crippen LogP contribution in [0.3, 0.4) is 0 Å². The van der Waals surface area contributed by atoms with Crippen LogP contribution in [0.5, 0.6) is 0 Å². The molecule has 0 spiro atoms. The number of fused-ring (bicyclic) bond motifs is 3. The minimum absolute atomic E-state index is 0.0816. The molecule has 0 saturated carbocycles. The molecule has 1 aromatic carbocycles. The van der Waals surface area contributed by atoms with E-state index in [0.717, 1.165) is 11.9 Å². The fourth-order valence-electron chi connectivity index (χ4n) is 2.45. The van der Waals surface area contributed by atoms with Gasteiger partial charge in [0.25, 0.3) is 5.56 Å². The average Bonchev–Trinajstić information content (AvgIpc) is 2.95. The first-order valence-corrected chi connectivity index (χ1v) is 8.25. The average molecular weight is 331 g/mol. The zero-order valence-corrected chi connectivity index (χ0v) is 13.7. The number of primary amides is 1. The van der Waals surface area contributed by atoms with Gasteiger partial charge in [0.15, 0.2) is 5.16 Å². The number of thioether (sulfide) groups is 1. The predicted molar refractivity (Wildman–Crippen MR) is 89.6 cm³/mol. The van der Waals surface area contributed by atoms with Gasteiger partial charge in [0.2, 0.25) is 11.7 Å². The Kier molecular flexibility index (Phi) is 4.08. The van der Waals surface area contributed by atoms with Crippen molar-refractivity contribution in [3.8, 4) is 0 Å². The monoisotopic (exact) mass is 331 g/mol. The predicted octanol–water partition coefficient (Wildman–Crippen LogP) is 1.42. The fraction of sp³-hybridized carbons (Fsp3) is 0.333. The summed E-state index contributed by atoms with van der Waals surface area (Å²) in [6.07, 6.45) is 0.806. The van der Waals surface area contributed by atoms with Gasteiger partial charge in [-0.2, -0.15) is 0 Å². The molecule has 120 valence electrons. The molecule has 7 nitrogen and oxygen atoms in total. The second-order valence-electron chi connectivity index (χ2n) is 5.25. The number of carbonyl (C=O) groups excluding carboxylic acids is 1. The van der Waals surface area contributed by atoms with E-state index in [4.69, 9.17) is 5.73 Å². The number of aromatic nitrogens is 4. The van der Waals surface area contributed by atoms with Gasteiger partial charge in [0, 0.05) is 6.54 Å². The third-order valence-electron chi connectivity index (χ3n) is 3.61. The van der Waals surface area contributed by atoms with E-state index in [1.165, 1.54) is 11.8 Å². The molecule has 2 aromatic heterocycles. The van der Waals surface area contributed by atoms with Crippen molar-refractivity contribution in [2.24, 2.45) is 5.73 Å². The molecular weight excluding hydrogens is 314 g/mol. The molecule has 2 heterocycles. The minimum atomic E-state index is -0.437. The van der Waals surface area contributed by atoms with Crippen molar-refractivity contribution in [1.82, 2.24) is 19.2 Å². The van der Waals surface area contributed by atoms with Crippen molar-refractivity contribution in [1.29, 1.82) is 0 Å². The van der Waals surface area contributed by atoms with E-state index in [1.807, 2.05) is 29.5 Å². The highest BCUT2D eigenvalue weighted by atomic mass is 32.2. The Balaban J connectivity index is 2.33. The van der Waals surface area contributed by atoms with Gasteiger partial charge in [0.1, 0.15) is 0 Å². The molecule has 8 heteroatoms. The third kappa shape index (κ3) is 2.59. The summed E-state index contributed by atoms with van der Waals surface area (Å²) < 4.78 is 3.44. The molecule has 0 fully saturated rings. The third-order valence-corrected chi connectivity index (χ3v) is 4.67. The molecule has 0 bridgehead atoms. The second-order valence-corrected chi connectivity index (χ2v) is 6.56. The van der Waals surface area contributed by atoms with E-state index in [9.17, 15) is 9.59 Å². The number of amides is 1. The number of nitrogens with two attached hydrogens (primary N) is 1. The van der Waals surface area contributed by atoms with Crippen molar-refractivity contribution >= 4 is 34.3 Å². The standard InChI is InChI=1S/C15H17N5O2S/c1-3-8-19-13(22)10-6-4-5-7-11(10)20-14(19)17-18-15(20)23-9(2)12(16)21/h4-7,9H,3,8H2,1-2H3,(H2,16,21)/t9-/m0/s1. The van der Waals surface area contributed by atoms with Crippen molar-refractivity contribution in [3.05, 3.63) is 34.6 Å². The van der Waals surface area contributed by atoms with Crippen LogP contribution in [0, 0.1) is 0 Å². The number of hydrogen-bond donors (Lipinski definition) is 1. The zero-order chi connectivity index (χ0) is 16.6. The van der Waals surface area contributed by atoms with Crippen LogP contribution in [-0.4, -0.2) is 30.3 Å². The quantitative estimate of drug-likeness (QED) is 0.713. The molecule has 0 aliphatic rings. The van der Waals surface area contributed by atoms with Crippen LogP contribution in [0.1, 0.15) is 20.3 Å². The topological polar surface area (TPSA) is 95.3 Å². The molecular formula is C15H17N5O2S. The maximum atomic E-state index is 12.7. The lowest BCUT2D eigenvalue weighted by Crippen LogP contribution is -2.24. The van der Waals surface area contributed by atoms with E-state index in [2.05, 4.69) is 10.2 Å². The number of carbonyl (C=O) groups is 1. The number of rotatable bonds is 5. The summed E-state index contributed by atoms with van der Waals surface area (Å²) in [6, 6.07) is 7.32. The summed E-state index contributed by atoms with van der Waals surface area (Å²) in [6.45, 7) is 4.28. The molecule has 23 heavy (non-hydrogen) atoms. The van der Waals surface area contributed by atoms with Gasteiger partial charge in [-0.15, -0.1) is 10.2 Å². The van der Waals surface area contributed by atoms with Crippen molar-refractivity contribution in [2.45, 2.75) is 37.2 Å². The number of nitrogens with zero attached hydrogens (tertiary/aromatic N) is 4. The largest absolute Gasteiger partial charge is 0.369 e. The van der Waals surface area contributed by atoms with Crippen molar-refractivity contribution in [3.63, 3.8) is 0 Å². The molecule has 1 amide bonds. The van der Waals surface area contributed by atoms with Crippen LogP contribution in [-0.2, 0) is 11.3 Å². The molecule has 1 atom stereocenters. The SMILES string of the molecule is CCCn1c(=O)c2ccccc2n2c(S[C@@H](C)C(N)=O)nnc12. The Morgan fingerprint density at radius 1 is 1.35 bits per heavy atom. The summed E-state index contributed by atoms with van der Waals surface area (Å²) in [5.41, 5.74) is 5.98. The van der Waals surface area contributed by atoms with Gasteiger partial charge in [-0.05, 0) is 25.5 Å². The van der Waals surface area contributed by atoms with E-state index >= 15 is 0 Å². The Hall–Kier alpha value is -2.35. The number of benzene rings is 1. The molecule has 0 aliphatic carbocycles. The normalized spacial score (nSPS) is 12.8. The summed E-state index contributed by atoms with van der Waals surface area (Å²) in [7, 11) is 0. The smallest absolute Gasteiger partial charge is 0.262 e. The fourth-order valence-corrected chi connectivity index (χ4v) is 3.26. The lowest BCUT2D eigenvalue weighted by molar-refractivity contribution is -0.117. The minimum Gasteiger partial charge on any atom is -0.369 e. The first-order chi connectivity index (χ1) is 11.0. The summed E-state index contributed by atoms with van der Waals surface area (Å²) in [5, 5.41) is 9.03. The molecule has 0 radical (unpaired) electrons. The second kappa shape index (κ2) is 6.04. The summed E-state index contributed by atoms with van der Waals surface area (Å²) >= 11 is 1.23. The van der Waals surface area contributed by atoms with Crippen LogP contribution in [0.4, 0.5) is 0 Å². The zero-order valence-electron chi connectivity index (χ0n) is 12.9. The van der Waals surface area contributed by atoms with Crippen LogP contribution in [0.25, 0.3) is 16.7 Å². The molecule has 0 saturated heterocycles. The highest BCUT2D eigenvalue weighted by Gasteiger charge is 2.19. The first kappa shape index (κ1) is 15.5. The summed E-state index contributed by atoms with van der Waals surface area (Å²) in [5.74, 6) is 0.0626. The highest BCUT2D eigenvalue weighted by Crippen LogP contribution is 2.24. The number of hydrogen-bond acceptors (Lipinski definition) is 5. The Labute approximate surface area is 136 Å². The van der Waals surface area contributed by atoms with Crippen molar-refractivity contribution < 1.29 is 4.79 Å². The molecule has 0 unspecified atom stereocenters. The maximum Gasteiger partial charge on any atom is 0.262 e. The van der Waals surface area contributed by atoms with Gasteiger partial charge in [-0.25, -0.2) is 0 Å². The van der Waals surface area contributed by atoms with E-state index in [1.54, 1.807) is 17.6 Å². The molecule has 2 N–H and O–H groups in total. The van der Waals surface area contributed by atoms with Gasteiger partial charge < -0.3 is 5.73 Å². The maximum absolute atomic E-state index is 12.7. The van der Waals surface area contributed by atoms with Gasteiger partial charge in [-0.3, -0.25) is 18.6 Å². The van der Waals surface area contributed by atoms with Gasteiger partial charge >= 0.3 is 0 Å². The molecule has 0 aliphatic heterocycles. The Morgan fingerprint density at radius 2 is 2.09 bits per heavy atom. The van der Waals surface area contributed by atoms with Crippen LogP contribution >= 0.6 is 11.8 Å². The van der Waals surface area contributed by atoms with E-state index in [0.29, 0.717) is 22.9 Å². The first-order valence-electron chi connectivity index (χ1n) is 7.37. The highest BCUT2D eigenvalue weighted by molar-refractivity contribution is 8.00. The van der Waals surface area contributed by atoms with Crippen LogP contribution in [0.2, 0.25) is 0 Å². The van der Waals surface area contributed by atoms with Crippen molar-refractivity contribution in [2.75, 3.05) is 0 Å². The molecule has 3 rings (SSSR count). The van der Waals surface area contributed by atoms with Crippen LogP contribution in [0.15, 0.2) is 34.2 Å². The van der Waals surface area contributed by atoms with Crippen LogP contribution < -0.4 is 11.3 Å². The number of para-hydroxylation sites is 1.